The highest BCUT2D eigenvalue weighted by molar-refractivity contribution is 5.72. The fourth-order valence-corrected chi connectivity index (χ4v) is 2.78. The largest absolute Gasteiger partial charge is 0.459 e. The predicted octanol–water partition coefficient (Wildman–Crippen LogP) is 3.23. The van der Waals surface area contributed by atoms with Gasteiger partial charge in [0.15, 0.2) is 0 Å². The average Bonchev–Trinajstić information content (AvgIpc) is 2.62. The fraction of sp³-hybridized carbons (Fsp3) is 0.286. The lowest BCUT2D eigenvalue weighted by molar-refractivity contribution is -0.149. The Morgan fingerprint density at radius 1 is 1.12 bits per heavy atom. The summed E-state index contributed by atoms with van der Waals surface area (Å²) in [5.41, 5.74) is 4.07. The van der Waals surface area contributed by atoms with Crippen LogP contribution in [0.3, 0.4) is 0 Å². The molecular formula is C21H22N2O3. The second-order valence-electron chi connectivity index (χ2n) is 6.72. The number of esters is 1. The number of carbonyl (C=O) groups is 1. The second-order valence-corrected chi connectivity index (χ2v) is 6.72. The van der Waals surface area contributed by atoms with E-state index in [1.807, 2.05) is 51.1 Å². The molecule has 0 aliphatic heterocycles. The van der Waals surface area contributed by atoms with Crippen LogP contribution in [0.1, 0.15) is 29.3 Å². The lowest BCUT2D eigenvalue weighted by Gasteiger charge is -2.12. The maximum Gasteiger partial charge on any atom is 0.309 e. The summed E-state index contributed by atoms with van der Waals surface area (Å²) in [6.07, 6.45) is 2.36. The van der Waals surface area contributed by atoms with Gasteiger partial charge in [-0.25, -0.2) is 4.98 Å². The van der Waals surface area contributed by atoms with Crippen molar-refractivity contribution >= 4 is 11.6 Å². The number of rotatable bonds is 5. The summed E-state index contributed by atoms with van der Waals surface area (Å²) in [6, 6.07) is 13.2. The SMILES string of the molecule is Cc1ccc(CC(C)C(=O)OCc2cc(=O)n3cc(C)ccc3n2)cc1. The lowest BCUT2D eigenvalue weighted by Crippen LogP contribution is -2.19. The molecule has 0 N–H and O–H groups in total. The second kappa shape index (κ2) is 7.52. The Kier molecular flexibility index (Phi) is 5.16. The minimum atomic E-state index is -0.295. The Bertz CT molecular complexity index is 990. The predicted molar refractivity (Wildman–Crippen MR) is 100 cm³/mol. The Morgan fingerprint density at radius 3 is 2.54 bits per heavy atom. The number of nitrogens with zero attached hydrogens (tertiary/aromatic N) is 2. The maximum atomic E-state index is 12.2. The first-order valence-electron chi connectivity index (χ1n) is 8.63. The molecule has 2 heterocycles. The van der Waals surface area contributed by atoms with E-state index in [1.54, 1.807) is 12.3 Å². The molecular weight excluding hydrogens is 328 g/mol. The topological polar surface area (TPSA) is 60.7 Å². The Labute approximate surface area is 152 Å². The van der Waals surface area contributed by atoms with Crippen molar-refractivity contribution in [1.29, 1.82) is 0 Å². The monoisotopic (exact) mass is 350 g/mol. The highest BCUT2D eigenvalue weighted by Gasteiger charge is 2.16. The molecule has 0 bridgehead atoms. The van der Waals surface area contributed by atoms with Gasteiger partial charge in [0.05, 0.1) is 11.6 Å². The van der Waals surface area contributed by atoms with Crippen LogP contribution in [0.4, 0.5) is 0 Å². The summed E-state index contributed by atoms with van der Waals surface area (Å²) in [5, 5.41) is 0. The van der Waals surface area contributed by atoms with E-state index in [-0.39, 0.29) is 24.1 Å². The normalized spacial score (nSPS) is 12.1. The number of fused-ring (bicyclic) bond motifs is 1. The van der Waals surface area contributed by atoms with Gasteiger partial charge >= 0.3 is 5.97 Å². The minimum absolute atomic E-state index is 0.00329. The average molecular weight is 350 g/mol. The van der Waals surface area contributed by atoms with Gasteiger partial charge in [0, 0.05) is 12.3 Å². The van der Waals surface area contributed by atoms with Crippen molar-refractivity contribution in [2.24, 2.45) is 5.92 Å². The van der Waals surface area contributed by atoms with Gasteiger partial charge in [-0.3, -0.25) is 14.0 Å². The summed E-state index contributed by atoms with van der Waals surface area (Å²) in [4.78, 5) is 28.8. The molecule has 0 aliphatic rings. The molecule has 0 saturated carbocycles. The molecule has 2 aromatic heterocycles. The van der Waals surface area contributed by atoms with E-state index in [9.17, 15) is 9.59 Å². The molecule has 0 aliphatic carbocycles. The third kappa shape index (κ3) is 4.17. The van der Waals surface area contributed by atoms with Gasteiger partial charge < -0.3 is 4.74 Å². The summed E-state index contributed by atoms with van der Waals surface area (Å²) < 4.78 is 6.85. The van der Waals surface area contributed by atoms with Gasteiger partial charge in [0.2, 0.25) is 0 Å². The van der Waals surface area contributed by atoms with Crippen LogP contribution in [-0.4, -0.2) is 15.4 Å². The van der Waals surface area contributed by atoms with E-state index in [0.29, 0.717) is 17.8 Å². The first kappa shape index (κ1) is 17.9. The summed E-state index contributed by atoms with van der Waals surface area (Å²) >= 11 is 0. The van der Waals surface area contributed by atoms with Crippen LogP contribution in [0.2, 0.25) is 0 Å². The molecule has 0 amide bonds. The molecule has 5 nitrogen and oxygen atoms in total. The van der Waals surface area contributed by atoms with E-state index in [4.69, 9.17) is 4.74 Å². The van der Waals surface area contributed by atoms with Gasteiger partial charge in [0.1, 0.15) is 12.3 Å². The summed E-state index contributed by atoms with van der Waals surface area (Å²) in [7, 11) is 0. The number of hydrogen-bond donors (Lipinski definition) is 0. The highest BCUT2D eigenvalue weighted by Crippen LogP contribution is 2.12. The molecule has 3 rings (SSSR count). The minimum Gasteiger partial charge on any atom is -0.459 e. The molecule has 134 valence electrons. The van der Waals surface area contributed by atoms with E-state index in [0.717, 1.165) is 11.1 Å². The molecule has 26 heavy (non-hydrogen) atoms. The van der Waals surface area contributed by atoms with Crippen LogP contribution in [0.5, 0.6) is 0 Å². The molecule has 3 aromatic rings. The van der Waals surface area contributed by atoms with Crippen molar-refractivity contribution in [3.05, 3.63) is 81.4 Å². The number of ether oxygens (including phenoxy) is 1. The van der Waals surface area contributed by atoms with Crippen LogP contribution in [0.15, 0.2) is 53.5 Å². The standard InChI is InChI=1S/C21H22N2O3/c1-14-4-7-17(8-5-14)10-16(3)21(25)26-13-18-11-20(24)23-12-15(2)6-9-19(23)22-18/h4-9,11-12,16H,10,13H2,1-3H3. The summed E-state index contributed by atoms with van der Waals surface area (Å²) in [5.74, 6) is -0.557. The van der Waals surface area contributed by atoms with E-state index in [1.165, 1.54) is 16.0 Å². The zero-order chi connectivity index (χ0) is 18.7. The molecule has 1 unspecified atom stereocenters. The van der Waals surface area contributed by atoms with E-state index < -0.39 is 0 Å². The van der Waals surface area contributed by atoms with Gasteiger partial charge in [0.25, 0.3) is 5.56 Å². The first-order chi connectivity index (χ1) is 12.4. The molecule has 5 heteroatoms. The van der Waals surface area contributed by atoms with Crippen molar-refractivity contribution in [2.45, 2.75) is 33.8 Å². The van der Waals surface area contributed by atoms with Crippen LogP contribution in [-0.2, 0) is 22.6 Å². The Hall–Kier alpha value is -2.95. The number of aromatic nitrogens is 2. The number of benzene rings is 1. The number of aryl methyl sites for hydroxylation is 2. The smallest absolute Gasteiger partial charge is 0.309 e. The maximum absolute atomic E-state index is 12.2. The summed E-state index contributed by atoms with van der Waals surface area (Å²) in [6.45, 7) is 5.78. The zero-order valence-electron chi connectivity index (χ0n) is 15.2. The molecule has 0 saturated heterocycles. The molecule has 0 spiro atoms. The first-order valence-corrected chi connectivity index (χ1v) is 8.63. The fourth-order valence-electron chi connectivity index (χ4n) is 2.78. The van der Waals surface area contributed by atoms with Crippen LogP contribution in [0, 0.1) is 19.8 Å². The van der Waals surface area contributed by atoms with Crippen molar-refractivity contribution < 1.29 is 9.53 Å². The van der Waals surface area contributed by atoms with Gasteiger partial charge in [-0.2, -0.15) is 0 Å². The Balaban J connectivity index is 1.65. The van der Waals surface area contributed by atoms with Crippen LogP contribution in [0.25, 0.3) is 5.65 Å². The van der Waals surface area contributed by atoms with Crippen molar-refractivity contribution in [3.63, 3.8) is 0 Å². The Morgan fingerprint density at radius 2 is 1.81 bits per heavy atom. The van der Waals surface area contributed by atoms with Crippen molar-refractivity contribution in [1.82, 2.24) is 9.38 Å². The van der Waals surface area contributed by atoms with Crippen molar-refractivity contribution in [2.75, 3.05) is 0 Å². The van der Waals surface area contributed by atoms with E-state index >= 15 is 0 Å². The lowest BCUT2D eigenvalue weighted by atomic mass is 10.0. The highest BCUT2D eigenvalue weighted by atomic mass is 16.5. The zero-order valence-corrected chi connectivity index (χ0v) is 15.2. The van der Waals surface area contributed by atoms with Crippen LogP contribution >= 0.6 is 0 Å². The third-order valence-corrected chi connectivity index (χ3v) is 4.29. The molecule has 0 fully saturated rings. The van der Waals surface area contributed by atoms with E-state index in [2.05, 4.69) is 4.98 Å². The van der Waals surface area contributed by atoms with Gasteiger partial charge in [-0.1, -0.05) is 42.8 Å². The third-order valence-electron chi connectivity index (χ3n) is 4.29. The molecule has 1 atom stereocenters. The number of pyridine rings is 1. The van der Waals surface area contributed by atoms with Crippen molar-refractivity contribution in [3.8, 4) is 0 Å². The van der Waals surface area contributed by atoms with Crippen LogP contribution < -0.4 is 5.56 Å². The number of carbonyl (C=O) groups excluding carboxylic acids is 1. The quantitative estimate of drug-likeness (QED) is 0.663. The molecule has 1 aromatic carbocycles. The van der Waals surface area contributed by atoms with Gasteiger partial charge in [-0.05, 0) is 37.5 Å². The molecule has 0 radical (unpaired) electrons. The van der Waals surface area contributed by atoms with Gasteiger partial charge in [-0.15, -0.1) is 0 Å². The number of hydrogen-bond acceptors (Lipinski definition) is 4.